The minimum atomic E-state index is -0.376. The van der Waals surface area contributed by atoms with Crippen molar-refractivity contribution in [1.29, 1.82) is 0 Å². The summed E-state index contributed by atoms with van der Waals surface area (Å²) in [5, 5.41) is 10.3. The number of unbranched alkanes of at least 4 members (excludes halogenated alkanes) is 1. The monoisotopic (exact) mass is 250 g/mol. The first-order valence-electron chi connectivity index (χ1n) is 6.57. The Morgan fingerprint density at radius 3 is 2.50 bits per heavy atom. The fourth-order valence-corrected chi connectivity index (χ4v) is 2.06. The number of aryl methyl sites for hydroxylation is 1. The summed E-state index contributed by atoms with van der Waals surface area (Å²) in [6.07, 6.45) is 4.49. The highest BCUT2D eigenvalue weighted by Gasteiger charge is 2.17. The lowest BCUT2D eigenvalue weighted by atomic mass is 9.96. The smallest absolute Gasteiger partial charge is 0.338 e. The number of hydrogen-bond donors (Lipinski definition) is 1. The number of phenols is 1. The van der Waals surface area contributed by atoms with Gasteiger partial charge >= 0.3 is 5.97 Å². The molecule has 1 N–H and O–H groups in total. The van der Waals surface area contributed by atoms with E-state index in [4.69, 9.17) is 4.74 Å². The van der Waals surface area contributed by atoms with Crippen molar-refractivity contribution in [2.24, 2.45) is 0 Å². The Kier molecular flexibility index (Phi) is 5.69. The standard InChI is InChI=1S/C15H22O3/c1-4-6-8-12-13(15(17)18-3)10-9-11(7-5-2)14(12)16/h9-10,16H,4-8H2,1-3H3. The van der Waals surface area contributed by atoms with Gasteiger partial charge in [0.2, 0.25) is 0 Å². The Hall–Kier alpha value is -1.51. The van der Waals surface area contributed by atoms with Gasteiger partial charge in [-0.25, -0.2) is 4.79 Å². The van der Waals surface area contributed by atoms with Gasteiger partial charge in [-0.2, -0.15) is 0 Å². The summed E-state index contributed by atoms with van der Waals surface area (Å²) in [6.45, 7) is 4.16. The molecule has 1 aromatic rings. The zero-order valence-corrected chi connectivity index (χ0v) is 11.5. The predicted molar refractivity (Wildman–Crippen MR) is 72.1 cm³/mol. The number of esters is 1. The minimum absolute atomic E-state index is 0.271. The summed E-state index contributed by atoms with van der Waals surface area (Å²) in [6, 6.07) is 3.59. The molecule has 0 bridgehead atoms. The number of carbonyl (C=O) groups excluding carboxylic acids is 1. The van der Waals surface area contributed by atoms with E-state index in [1.54, 1.807) is 6.07 Å². The van der Waals surface area contributed by atoms with Crippen molar-refractivity contribution in [2.45, 2.75) is 46.0 Å². The number of carbonyl (C=O) groups is 1. The van der Waals surface area contributed by atoms with E-state index in [0.717, 1.165) is 36.8 Å². The van der Waals surface area contributed by atoms with Gasteiger partial charge < -0.3 is 9.84 Å². The fourth-order valence-electron chi connectivity index (χ4n) is 2.06. The van der Waals surface area contributed by atoms with Crippen LogP contribution in [0.15, 0.2) is 12.1 Å². The number of aromatic hydroxyl groups is 1. The van der Waals surface area contributed by atoms with Gasteiger partial charge in [0.25, 0.3) is 0 Å². The van der Waals surface area contributed by atoms with Crippen LogP contribution in [0, 0.1) is 0 Å². The van der Waals surface area contributed by atoms with Crippen LogP contribution in [0.3, 0.4) is 0 Å². The maximum atomic E-state index is 11.7. The first kappa shape index (κ1) is 14.6. The fraction of sp³-hybridized carbons (Fsp3) is 0.533. The van der Waals surface area contributed by atoms with Crippen LogP contribution in [0.4, 0.5) is 0 Å². The maximum Gasteiger partial charge on any atom is 0.338 e. The molecule has 0 radical (unpaired) electrons. The molecule has 0 fully saturated rings. The molecule has 18 heavy (non-hydrogen) atoms. The van der Waals surface area contributed by atoms with E-state index in [1.807, 2.05) is 6.07 Å². The highest BCUT2D eigenvalue weighted by atomic mass is 16.5. The van der Waals surface area contributed by atoms with Crippen molar-refractivity contribution >= 4 is 5.97 Å². The number of benzene rings is 1. The van der Waals surface area contributed by atoms with Crippen molar-refractivity contribution in [1.82, 2.24) is 0 Å². The zero-order valence-electron chi connectivity index (χ0n) is 11.5. The quantitative estimate of drug-likeness (QED) is 0.786. The number of rotatable bonds is 6. The number of phenolic OH excluding ortho intramolecular Hbond substituents is 1. The van der Waals surface area contributed by atoms with Gasteiger partial charge in [0.05, 0.1) is 12.7 Å². The van der Waals surface area contributed by atoms with Crippen LogP contribution in [0.5, 0.6) is 5.75 Å². The second-order valence-corrected chi connectivity index (χ2v) is 4.44. The number of hydrogen-bond acceptors (Lipinski definition) is 3. The molecule has 100 valence electrons. The van der Waals surface area contributed by atoms with Crippen LogP contribution in [0.1, 0.15) is 54.6 Å². The average molecular weight is 250 g/mol. The summed E-state index contributed by atoms with van der Waals surface area (Å²) in [7, 11) is 1.36. The Balaban J connectivity index is 3.18. The highest BCUT2D eigenvalue weighted by Crippen LogP contribution is 2.29. The molecule has 0 aliphatic carbocycles. The van der Waals surface area contributed by atoms with Gasteiger partial charge in [0.1, 0.15) is 5.75 Å². The minimum Gasteiger partial charge on any atom is -0.507 e. The third-order valence-corrected chi connectivity index (χ3v) is 3.07. The largest absolute Gasteiger partial charge is 0.507 e. The molecule has 3 nitrogen and oxygen atoms in total. The first-order chi connectivity index (χ1) is 8.65. The molecule has 0 spiro atoms. The Morgan fingerprint density at radius 2 is 1.94 bits per heavy atom. The third-order valence-electron chi connectivity index (χ3n) is 3.07. The summed E-state index contributed by atoms with van der Waals surface area (Å²) in [4.78, 5) is 11.7. The van der Waals surface area contributed by atoms with E-state index in [-0.39, 0.29) is 11.7 Å². The van der Waals surface area contributed by atoms with Crippen LogP contribution >= 0.6 is 0 Å². The maximum absolute atomic E-state index is 11.7. The van der Waals surface area contributed by atoms with Crippen molar-refractivity contribution in [3.05, 3.63) is 28.8 Å². The first-order valence-corrected chi connectivity index (χ1v) is 6.57. The zero-order chi connectivity index (χ0) is 13.5. The molecular weight excluding hydrogens is 228 g/mol. The Labute approximate surface area is 109 Å². The lowest BCUT2D eigenvalue weighted by Crippen LogP contribution is -2.07. The van der Waals surface area contributed by atoms with Crippen LogP contribution < -0.4 is 0 Å². The third kappa shape index (κ3) is 3.25. The van der Waals surface area contributed by atoms with Crippen LogP contribution in [-0.4, -0.2) is 18.2 Å². The summed E-state index contributed by atoms with van der Waals surface area (Å²) < 4.78 is 4.76. The molecule has 0 unspecified atom stereocenters. The van der Waals surface area contributed by atoms with E-state index in [1.165, 1.54) is 7.11 Å². The normalized spacial score (nSPS) is 10.4. The van der Waals surface area contributed by atoms with Crippen molar-refractivity contribution in [3.63, 3.8) is 0 Å². The lowest BCUT2D eigenvalue weighted by molar-refractivity contribution is 0.0599. The van der Waals surface area contributed by atoms with E-state index >= 15 is 0 Å². The van der Waals surface area contributed by atoms with Crippen LogP contribution in [0.25, 0.3) is 0 Å². The highest BCUT2D eigenvalue weighted by molar-refractivity contribution is 5.92. The molecular formula is C15H22O3. The molecule has 0 saturated carbocycles. The summed E-state index contributed by atoms with van der Waals surface area (Å²) in [5.74, 6) is -0.104. The number of ether oxygens (including phenoxy) is 1. The van der Waals surface area contributed by atoms with Crippen molar-refractivity contribution < 1.29 is 14.6 Å². The molecule has 1 rings (SSSR count). The topological polar surface area (TPSA) is 46.5 Å². The van der Waals surface area contributed by atoms with Gasteiger partial charge in [-0.15, -0.1) is 0 Å². The van der Waals surface area contributed by atoms with E-state index in [9.17, 15) is 9.90 Å². The molecule has 0 amide bonds. The van der Waals surface area contributed by atoms with Crippen molar-refractivity contribution in [3.8, 4) is 5.75 Å². The van der Waals surface area contributed by atoms with Crippen LogP contribution in [-0.2, 0) is 17.6 Å². The van der Waals surface area contributed by atoms with E-state index in [2.05, 4.69) is 13.8 Å². The molecule has 3 heteroatoms. The van der Waals surface area contributed by atoms with Crippen LogP contribution in [0.2, 0.25) is 0 Å². The van der Waals surface area contributed by atoms with E-state index < -0.39 is 0 Å². The SMILES string of the molecule is CCCCc1c(C(=O)OC)ccc(CCC)c1O. The van der Waals surface area contributed by atoms with Gasteiger partial charge in [0.15, 0.2) is 0 Å². The Morgan fingerprint density at radius 1 is 1.22 bits per heavy atom. The summed E-state index contributed by atoms with van der Waals surface area (Å²) >= 11 is 0. The van der Waals surface area contributed by atoms with Crippen molar-refractivity contribution in [2.75, 3.05) is 7.11 Å². The molecule has 0 aromatic heterocycles. The van der Waals surface area contributed by atoms with Gasteiger partial charge in [-0.3, -0.25) is 0 Å². The second-order valence-electron chi connectivity index (χ2n) is 4.44. The van der Waals surface area contributed by atoms with Gasteiger partial charge in [0, 0.05) is 5.56 Å². The molecule has 0 saturated heterocycles. The second kappa shape index (κ2) is 7.04. The molecule has 0 atom stereocenters. The lowest BCUT2D eigenvalue weighted by Gasteiger charge is -2.13. The molecule has 0 heterocycles. The van der Waals surface area contributed by atoms with Gasteiger partial charge in [-0.1, -0.05) is 32.8 Å². The molecule has 1 aromatic carbocycles. The average Bonchev–Trinajstić information content (AvgIpc) is 2.39. The Bertz CT molecular complexity index is 410. The van der Waals surface area contributed by atoms with Gasteiger partial charge in [-0.05, 0) is 30.9 Å². The predicted octanol–water partition coefficient (Wildman–Crippen LogP) is 3.47. The molecule has 0 aliphatic rings. The summed E-state index contributed by atoms with van der Waals surface area (Å²) in [5.41, 5.74) is 2.13. The number of methoxy groups -OCH3 is 1. The molecule has 0 aliphatic heterocycles. The van der Waals surface area contributed by atoms with E-state index in [0.29, 0.717) is 12.0 Å².